The number of carbonyl (C=O) groups excluding carboxylic acids is 2. The van der Waals surface area contributed by atoms with Crippen molar-refractivity contribution >= 4 is 28.7 Å². The molecular weight excluding hydrogens is 336 g/mol. The Bertz CT molecular complexity index is 1040. The van der Waals surface area contributed by atoms with Crippen molar-refractivity contribution in [2.24, 2.45) is 0 Å². The number of aldehydes is 1. The largest absolute Gasteiger partial charge is 0.361 e. The first-order valence-electron chi connectivity index (χ1n) is 8.76. The van der Waals surface area contributed by atoms with Crippen molar-refractivity contribution in [1.82, 2.24) is 9.88 Å². The molecule has 4 nitrogen and oxygen atoms in total. The minimum absolute atomic E-state index is 0.176. The predicted octanol–water partition coefficient (Wildman–Crippen LogP) is 4.84. The van der Waals surface area contributed by atoms with Crippen molar-refractivity contribution in [3.8, 4) is 0 Å². The summed E-state index contributed by atoms with van der Waals surface area (Å²) >= 11 is 0. The number of nitrogens with one attached hydrogen (secondary N) is 1. The Morgan fingerprint density at radius 2 is 2.00 bits per heavy atom. The molecule has 4 heteroatoms. The van der Waals surface area contributed by atoms with Gasteiger partial charge in [0.05, 0.1) is 5.56 Å². The van der Waals surface area contributed by atoms with Gasteiger partial charge in [0, 0.05) is 36.3 Å². The molecule has 27 heavy (non-hydrogen) atoms. The molecule has 1 N–H and O–H groups in total. The fourth-order valence-corrected chi connectivity index (χ4v) is 3.14. The number of nitrogens with zero attached hydrogens (tertiary/aromatic N) is 1. The molecular formula is C23H22N2O2. The molecule has 0 saturated heterocycles. The number of carbonyl (C=O) groups is 2. The number of amides is 1. The lowest BCUT2D eigenvalue weighted by molar-refractivity contribution is 0.0782. The second-order valence-electron chi connectivity index (χ2n) is 6.47. The molecule has 136 valence electrons. The van der Waals surface area contributed by atoms with Crippen LogP contribution in [0.25, 0.3) is 16.5 Å². The summed E-state index contributed by atoms with van der Waals surface area (Å²) in [6.07, 6.45) is 6.57. The summed E-state index contributed by atoms with van der Waals surface area (Å²) in [6.45, 7) is 6.48. The molecule has 0 saturated carbocycles. The molecule has 0 atom stereocenters. The zero-order chi connectivity index (χ0) is 19.4. The fraction of sp³-hybridized carbons (Fsp3) is 0.130. The van der Waals surface area contributed by atoms with E-state index in [-0.39, 0.29) is 5.91 Å². The van der Waals surface area contributed by atoms with Gasteiger partial charge in [0.2, 0.25) is 0 Å². The zero-order valence-corrected chi connectivity index (χ0v) is 15.5. The number of aromatic amines is 1. The maximum Gasteiger partial charge on any atom is 0.254 e. The second-order valence-corrected chi connectivity index (χ2v) is 6.47. The van der Waals surface area contributed by atoms with Crippen LogP contribution >= 0.6 is 0 Å². The summed E-state index contributed by atoms with van der Waals surface area (Å²) in [5.74, 6) is -0.176. The third-order valence-corrected chi connectivity index (χ3v) is 4.58. The van der Waals surface area contributed by atoms with Gasteiger partial charge in [-0.1, -0.05) is 49.1 Å². The van der Waals surface area contributed by atoms with Crippen LogP contribution in [0.2, 0.25) is 0 Å². The van der Waals surface area contributed by atoms with Crippen molar-refractivity contribution in [1.29, 1.82) is 0 Å². The number of benzene rings is 2. The molecule has 3 rings (SSSR count). The van der Waals surface area contributed by atoms with E-state index < -0.39 is 0 Å². The standard InChI is InChI=1S/C23H22N2O2/c1-4-7-16(2)17-10-11-20-19(13-24-22(20)12-17)14-25(3)23(27)21-9-6-5-8-18(21)15-26/h4-13,15,24H,2,14H2,1,3H3/b7-4-. The number of hydrogen-bond donors (Lipinski definition) is 1. The summed E-state index contributed by atoms with van der Waals surface area (Å²) in [5, 5.41) is 1.07. The number of H-pyrrole nitrogens is 1. The van der Waals surface area contributed by atoms with Crippen LogP contribution in [0.15, 0.2) is 67.4 Å². The number of fused-ring (bicyclic) bond motifs is 1. The van der Waals surface area contributed by atoms with Crippen molar-refractivity contribution in [3.05, 3.63) is 89.6 Å². The molecule has 0 unspecified atom stereocenters. The SMILES string of the molecule is C=C(/C=C\C)c1ccc2c(CN(C)C(=O)c3ccccc3C=O)c[nH]c2c1. The van der Waals surface area contributed by atoms with E-state index in [0.29, 0.717) is 24.0 Å². The van der Waals surface area contributed by atoms with Gasteiger partial charge in [0.1, 0.15) is 0 Å². The first kappa shape index (κ1) is 18.4. The summed E-state index contributed by atoms with van der Waals surface area (Å²) in [4.78, 5) is 28.8. The average Bonchev–Trinajstić information content (AvgIpc) is 3.09. The maximum absolute atomic E-state index is 12.7. The number of hydrogen-bond acceptors (Lipinski definition) is 2. The lowest BCUT2D eigenvalue weighted by atomic mass is 10.0. The van der Waals surface area contributed by atoms with Gasteiger partial charge >= 0.3 is 0 Å². The summed E-state index contributed by atoms with van der Waals surface area (Å²) in [6, 6.07) is 13.0. The average molecular weight is 358 g/mol. The van der Waals surface area contributed by atoms with Crippen LogP contribution in [0.1, 0.15) is 38.8 Å². The molecule has 0 aliphatic heterocycles. The Labute approximate surface area is 158 Å². The molecule has 3 aromatic rings. The molecule has 0 bridgehead atoms. The quantitative estimate of drug-likeness (QED) is 0.506. The van der Waals surface area contributed by atoms with E-state index in [0.717, 1.165) is 27.6 Å². The fourth-order valence-electron chi connectivity index (χ4n) is 3.14. The van der Waals surface area contributed by atoms with Crippen LogP contribution < -0.4 is 0 Å². The highest BCUT2D eigenvalue weighted by atomic mass is 16.2. The Balaban J connectivity index is 1.85. The molecule has 0 aliphatic rings. The van der Waals surface area contributed by atoms with Gasteiger partial charge in [-0.15, -0.1) is 0 Å². The number of allylic oxidation sites excluding steroid dienone is 3. The van der Waals surface area contributed by atoms with Crippen LogP contribution in [0, 0.1) is 0 Å². The third kappa shape index (κ3) is 3.75. The second kappa shape index (κ2) is 7.87. The Morgan fingerprint density at radius 3 is 2.74 bits per heavy atom. The van der Waals surface area contributed by atoms with E-state index in [1.807, 2.05) is 37.4 Å². The smallest absolute Gasteiger partial charge is 0.254 e. The van der Waals surface area contributed by atoms with Crippen molar-refractivity contribution in [2.75, 3.05) is 7.05 Å². The van der Waals surface area contributed by atoms with Crippen LogP contribution in [0.3, 0.4) is 0 Å². The van der Waals surface area contributed by atoms with E-state index in [4.69, 9.17) is 0 Å². The first-order chi connectivity index (χ1) is 13.0. The number of aromatic nitrogens is 1. The van der Waals surface area contributed by atoms with E-state index in [1.165, 1.54) is 0 Å². The summed E-state index contributed by atoms with van der Waals surface area (Å²) < 4.78 is 0. The summed E-state index contributed by atoms with van der Waals surface area (Å²) in [7, 11) is 1.74. The van der Waals surface area contributed by atoms with Gasteiger partial charge in [-0.3, -0.25) is 9.59 Å². The van der Waals surface area contributed by atoms with Crippen LogP contribution in [-0.4, -0.2) is 29.1 Å². The van der Waals surface area contributed by atoms with Crippen LogP contribution in [0.4, 0.5) is 0 Å². The molecule has 1 amide bonds. The van der Waals surface area contributed by atoms with Gasteiger partial charge in [0.25, 0.3) is 5.91 Å². The molecule has 1 aromatic heterocycles. The van der Waals surface area contributed by atoms with Crippen molar-refractivity contribution in [2.45, 2.75) is 13.5 Å². The summed E-state index contributed by atoms with van der Waals surface area (Å²) in [5.41, 5.74) is 4.85. The van der Waals surface area contributed by atoms with Crippen molar-refractivity contribution in [3.63, 3.8) is 0 Å². The monoisotopic (exact) mass is 358 g/mol. The van der Waals surface area contributed by atoms with Gasteiger partial charge in [-0.2, -0.15) is 0 Å². The highest BCUT2D eigenvalue weighted by Gasteiger charge is 2.17. The molecule has 1 heterocycles. The highest BCUT2D eigenvalue weighted by molar-refractivity contribution is 6.01. The van der Waals surface area contributed by atoms with Crippen LogP contribution in [0.5, 0.6) is 0 Å². The van der Waals surface area contributed by atoms with Crippen molar-refractivity contribution < 1.29 is 9.59 Å². The predicted molar refractivity (Wildman–Crippen MR) is 110 cm³/mol. The minimum atomic E-state index is -0.176. The third-order valence-electron chi connectivity index (χ3n) is 4.58. The Kier molecular flexibility index (Phi) is 5.36. The van der Waals surface area contributed by atoms with Gasteiger partial charge in [-0.05, 0) is 35.8 Å². The number of rotatable bonds is 6. The molecule has 0 radical (unpaired) electrons. The maximum atomic E-state index is 12.7. The highest BCUT2D eigenvalue weighted by Crippen LogP contribution is 2.24. The molecule has 0 spiro atoms. The van der Waals surface area contributed by atoms with Gasteiger partial charge in [0.15, 0.2) is 6.29 Å². The lowest BCUT2D eigenvalue weighted by Gasteiger charge is -2.18. The molecule has 2 aromatic carbocycles. The Hall–Kier alpha value is -3.40. The van der Waals surface area contributed by atoms with E-state index in [2.05, 4.69) is 17.6 Å². The van der Waals surface area contributed by atoms with E-state index in [1.54, 1.807) is 36.2 Å². The molecule has 0 fully saturated rings. The first-order valence-corrected chi connectivity index (χ1v) is 8.76. The van der Waals surface area contributed by atoms with E-state index >= 15 is 0 Å². The zero-order valence-electron chi connectivity index (χ0n) is 15.5. The lowest BCUT2D eigenvalue weighted by Crippen LogP contribution is -2.27. The topological polar surface area (TPSA) is 53.2 Å². The van der Waals surface area contributed by atoms with Crippen LogP contribution in [-0.2, 0) is 6.54 Å². The Morgan fingerprint density at radius 1 is 1.22 bits per heavy atom. The van der Waals surface area contributed by atoms with Gasteiger partial charge < -0.3 is 9.88 Å². The minimum Gasteiger partial charge on any atom is -0.361 e. The normalized spacial score (nSPS) is 11.0. The van der Waals surface area contributed by atoms with Gasteiger partial charge in [-0.25, -0.2) is 0 Å². The molecule has 0 aliphatic carbocycles. The van der Waals surface area contributed by atoms with E-state index in [9.17, 15) is 9.59 Å².